The zero-order chi connectivity index (χ0) is 26.6. The highest BCUT2D eigenvalue weighted by molar-refractivity contribution is 7.80. The van der Waals surface area contributed by atoms with Gasteiger partial charge in [0.15, 0.2) is 5.11 Å². The van der Waals surface area contributed by atoms with Crippen LogP contribution in [0.4, 0.5) is 11.4 Å². The number of thiocarbonyl (C=S) groups is 1. The molecule has 0 unspecified atom stereocenters. The van der Waals surface area contributed by atoms with E-state index in [1.54, 1.807) is 18.2 Å². The first kappa shape index (κ1) is 25.7. The van der Waals surface area contributed by atoms with Gasteiger partial charge >= 0.3 is 0 Å². The first-order valence-electron chi connectivity index (χ1n) is 12.4. The van der Waals surface area contributed by atoms with Gasteiger partial charge < -0.3 is 15.1 Å². The summed E-state index contributed by atoms with van der Waals surface area (Å²) >= 11 is 11.7. The molecule has 2 amide bonds. The van der Waals surface area contributed by atoms with Crippen molar-refractivity contribution in [2.24, 2.45) is 0 Å². The number of carbonyl (C=O) groups is 2. The van der Waals surface area contributed by atoms with Gasteiger partial charge in [-0.2, -0.15) is 0 Å². The number of hydrogen-bond acceptors (Lipinski definition) is 4. The monoisotopic (exact) mass is 542 g/mol. The predicted molar refractivity (Wildman–Crippen MR) is 158 cm³/mol. The maximum Gasteiger partial charge on any atom is 0.258 e. The Bertz CT molecular complexity index is 1510. The Hall–Kier alpha value is -3.94. The number of piperazine rings is 1. The fraction of sp³-hybridized carbons (Fsp3) is 0.167. The maximum absolute atomic E-state index is 12.9. The lowest BCUT2D eigenvalue weighted by Crippen LogP contribution is -2.48. The van der Waals surface area contributed by atoms with Crippen molar-refractivity contribution in [1.82, 2.24) is 10.2 Å². The van der Waals surface area contributed by atoms with Gasteiger partial charge in [0.1, 0.15) is 0 Å². The smallest absolute Gasteiger partial charge is 0.258 e. The molecule has 4 aromatic carbocycles. The summed E-state index contributed by atoms with van der Waals surface area (Å²) < 4.78 is 0. The first-order chi connectivity index (χ1) is 18.4. The minimum Gasteiger partial charge on any atom is -0.368 e. The van der Waals surface area contributed by atoms with E-state index in [4.69, 9.17) is 23.8 Å². The van der Waals surface area contributed by atoms with Gasteiger partial charge in [0, 0.05) is 59.1 Å². The molecule has 8 heteroatoms. The number of halogens is 1. The van der Waals surface area contributed by atoms with Crippen molar-refractivity contribution in [2.75, 3.05) is 36.4 Å². The predicted octanol–water partition coefficient (Wildman–Crippen LogP) is 5.89. The molecule has 2 N–H and O–H groups in total. The van der Waals surface area contributed by atoms with Crippen molar-refractivity contribution in [3.05, 3.63) is 107 Å². The average molecular weight is 543 g/mol. The highest BCUT2D eigenvalue weighted by Crippen LogP contribution is 2.26. The summed E-state index contributed by atoms with van der Waals surface area (Å²) in [6, 6.07) is 26.5. The van der Waals surface area contributed by atoms with Gasteiger partial charge in [-0.15, -0.1) is 0 Å². The average Bonchev–Trinajstić information content (AvgIpc) is 2.93. The molecule has 0 aromatic heterocycles. The van der Waals surface area contributed by atoms with Crippen LogP contribution < -0.4 is 15.5 Å². The van der Waals surface area contributed by atoms with Gasteiger partial charge in [0.25, 0.3) is 11.8 Å². The van der Waals surface area contributed by atoms with Crippen LogP contribution in [0.3, 0.4) is 0 Å². The summed E-state index contributed by atoms with van der Waals surface area (Å²) in [6.07, 6.45) is 0. The third kappa shape index (κ3) is 5.49. The summed E-state index contributed by atoms with van der Waals surface area (Å²) in [5.74, 6) is -0.213. The van der Waals surface area contributed by atoms with E-state index in [0.717, 1.165) is 46.4 Å². The highest BCUT2D eigenvalue weighted by atomic mass is 35.5. The summed E-state index contributed by atoms with van der Waals surface area (Å²) in [5.41, 5.74) is 4.11. The van der Waals surface area contributed by atoms with Gasteiger partial charge in [0.05, 0.1) is 0 Å². The molecule has 4 aromatic rings. The summed E-state index contributed by atoms with van der Waals surface area (Å²) in [6.45, 7) is 4.82. The molecule has 192 valence electrons. The molecule has 0 bridgehead atoms. The molecule has 0 spiro atoms. The van der Waals surface area contributed by atoms with Crippen molar-refractivity contribution in [3.63, 3.8) is 0 Å². The number of amides is 2. The maximum atomic E-state index is 12.9. The molecule has 1 heterocycles. The van der Waals surface area contributed by atoms with Gasteiger partial charge in [-0.25, -0.2) is 0 Å². The van der Waals surface area contributed by atoms with E-state index in [0.29, 0.717) is 23.7 Å². The largest absolute Gasteiger partial charge is 0.368 e. The molecular formula is C30H27ClN4O2S. The first-order valence-corrected chi connectivity index (χ1v) is 13.2. The van der Waals surface area contributed by atoms with E-state index in [2.05, 4.69) is 15.5 Å². The molecule has 6 nitrogen and oxygen atoms in total. The molecule has 1 aliphatic rings. The number of nitrogens with zero attached hydrogens (tertiary/aromatic N) is 2. The van der Waals surface area contributed by atoms with Crippen molar-refractivity contribution >= 4 is 62.9 Å². The van der Waals surface area contributed by atoms with E-state index in [-0.39, 0.29) is 16.9 Å². The van der Waals surface area contributed by atoms with Crippen LogP contribution in [0, 0.1) is 6.92 Å². The van der Waals surface area contributed by atoms with E-state index < -0.39 is 0 Å². The fourth-order valence-electron chi connectivity index (χ4n) is 4.71. The number of rotatable bonds is 4. The molecular weight excluding hydrogens is 516 g/mol. The lowest BCUT2D eigenvalue weighted by atomic mass is 10.0. The lowest BCUT2D eigenvalue weighted by Gasteiger charge is -2.36. The van der Waals surface area contributed by atoms with Crippen LogP contribution in [0.5, 0.6) is 0 Å². The zero-order valence-corrected chi connectivity index (χ0v) is 22.5. The van der Waals surface area contributed by atoms with Crippen molar-refractivity contribution < 1.29 is 9.59 Å². The Kier molecular flexibility index (Phi) is 7.58. The molecule has 1 fully saturated rings. The lowest BCUT2D eigenvalue weighted by molar-refractivity contribution is 0.0746. The second-order valence-electron chi connectivity index (χ2n) is 9.19. The molecule has 1 aliphatic heterocycles. The molecule has 1 saturated heterocycles. The number of aryl methyl sites for hydroxylation is 1. The van der Waals surface area contributed by atoms with Gasteiger partial charge in [-0.05, 0) is 72.6 Å². The zero-order valence-electron chi connectivity index (χ0n) is 20.9. The summed E-state index contributed by atoms with van der Waals surface area (Å²) in [4.78, 5) is 30.0. The van der Waals surface area contributed by atoms with Crippen molar-refractivity contribution in [1.29, 1.82) is 0 Å². The van der Waals surface area contributed by atoms with E-state index in [9.17, 15) is 9.59 Å². The third-order valence-electron chi connectivity index (χ3n) is 6.77. The Morgan fingerprint density at radius 3 is 2.18 bits per heavy atom. The number of hydrogen-bond donors (Lipinski definition) is 2. The minimum atomic E-state index is -0.301. The fourth-order valence-corrected chi connectivity index (χ4v) is 5.16. The molecule has 0 atom stereocenters. The van der Waals surface area contributed by atoms with Crippen LogP contribution in [0.2, 0.25) is 5.02 Å². The Labute approximate surface area is 232 Å². The number of nitrogens with one attached hydrogen (secondary N) is 2. The quantitative estimate of drug-likeness (QED) is 0.315. The summed E-state index contributed by atoms with van der Waals surface area (Å²) in [7, 11) is 0. The van der Waals surface area contributed by atoms with Gasteiger partial charge in [-0.1, -0.05) is 54.1 Å². The normalized spacial score (nSPS) is 13.3. The molecule has 0 radical (unpaired) electrons. The number of carbonyl (C=O) groups excluding carboxylic acids is 2. The second kappa shape index (κ2) is 11.2. The molecule has 5 rings (SSSR count). The molecule has 38 heavy (non-hydrogen) atoms. The number of benzene rings is 4. The second-order valence-corrected chi connectivity index (χ2v) is 10.0. The molecule has 0 aliphatic carbocycles. The highest BCUT2D eigenvalue weighted by Gasteiger charge is 2.23. The van der Waals surface area contributed by atoms with Crippen LogP contribution in [-0.4, -0.2) is 48.0 Å². The van der Waals surface area contributed by atoms with E-state index in [1.807, 2.05) is 78.6 Å². The number of anilines is 2. The van der Waals surface area contributed by atoms with Crippen molar-refractivity contribution in [2.45, 2.75) is 6.92 Å². The van der Waals surface area contributed by atoms with Crippen LogP contribution in [0.1, 0.15) is 26.3 Å². The van der Waals surface area contributed by atoms with Crippen LogP contribution in [0.25, 0.3) is 10.8 Å². The van der Waals surface area contributed by atoms with Crippen LogP contribution in [-0.2, 0) is 0 Å². The Balaban J connectivity index is 1.16. The number of fused-ring (bicyclic) bond motifs is 1. The van der Waals surface area contributed by atoms with Crippen molar-refractivity contribution in [3.8, 4) is 0 Å². The Morgan fingerprint density at radius 2 is 1.45 bits per heavy atom. The van der Waals surface area contributed by atoms with Gasteiger partial charge in [-0.3, -0.25) is 14.9 Å². The van der Waals surface area contributed by atoms with Gasteiger partial charge in [0.2, 0.25) is 0 Å². The van der Waals surface area contributed by atoms with E-state index >= 15 is 0 Å². The van der Waals surface area contributed by atoms with Crippen LogP contribution >= 0.6 is 23.8 Å². The third-order valence-corrected chi connectivity index (χ3v) is 7.31. The van der Waals surface area contributed by atoms with E-state index in [1.165, 1.54) is 0 Å². The Morgan fingerprint density at radius 1 is 0.789 bits per heavy atom. The summed E-state index contributed by atoms with van der Waals surface area (Å²) in [5, 5.41) is 8.23. The molecule has 0 saturated carbocycles. The van der Waals surface area contributed by atoms with Crippen LogP contribution in [0.15, 0.2) is 84.9 Å². The minimum absolute atomic E-state index is 0.0875. The standard InChI is InChI=1S/C30H27ClN4O2S/c1-20-6-2-3-7-23(20)29(37)35-18-16-34(17-19-35)22-14-12-21(13-15-22)32-30(38)33-28(36)26-10-4-9-25-24(26)8-5-11-27(25)31/h2-15H,16-19H2,1H3,(H2,32,33,36,38). The SMILES string of the molecule is Cc1ccccc1C(=O)N1CCN(c2ccc(NC(=S)NC(=O)c3cccc4c(Cl)cccc34)cc2)CC1. The topological polar surface area (TPSA) is 64.7 Å².